The van der Waals surface area contributed by atoms with Crippen molar-refractivity contribution >= 4 is 62.8 Å². The maximum atomic E-state index is 12.0. The standard InChI is InChI=1S/C23H19N5O3S2.Na.H/c29-33(30,31)14-9-23(21-15-24-10-12-26-21,22-16-25-11-13-27-22)28-17-5-1-3-7-19(17)32-20-8-4-2-6-18(20)28;;/h1-8,10-13,15-16H,9,14H2,(H,29,30,31);;. The molecule has 3 heterocycles. The molecule has 8 nitrogen and oxygen atoms in total. The summed E-state index contributed by atoms with van der Waals surface area (Å²) in [6.07, 6.45) is 9.41. The molecule has 1 aliphatic rings. The van der Waals surface area contributed by atoms with Crippen LogP contribution in [0.1, 0.15) is 17.8 Å². The second kappa shape index (κ2) is 10.1. The minimum atomic E-state index is -4.29. The van der Waals surface area contributed by atoms with Crippen LogP contribution >= 0.6 is 11.8 Å². The number of para-hydroxylation sites is 2. The number of fused-ring (bicyclic) bond motifs is 2. The molecule has 2 aromatic carbocycles. The van der Waals surface area contributed by atoms with E-state index >= 15 is 0 Å². The topological polar surface area (TPSA) is 109 Å². The van der Waals surface area contributed by atoms with Crippen LogP contribution in [0.5, 0.6) is 0 Å². The van der Waals surface area contributed by atoms with Gasteiger partial charge in [0, 0.05) is 34.6 Å². The number of anilines is 2. The van der Waals surface area contributed by atoms with Gasteiger partial charge in [0.1, 0.15) is 5.54 Å². The van der Waals surface area contributed by atoms with E-state index in [0.717, 1.165) is 21.2 Å². The molecule has 1 aliphatic heterocycles. The van der Waals surface area contributed by atoms with Gasteiger partial charge in [0.15, 0.2) is 0 Å². The summed E-state index contributed by atoms with van der Waals surface area (Å²) in [6, 6.07) is 15.8. The van der Waals surface area contributed by atoms with Gasteiger partial charge in [-0.1, -0.05) is 36.0 Å². The van der Waals surface area contributed by atoms with E-state index in [2.05, 4.69) is 19.9 Å². The van der Waals surface area contributed by atoms with Gasteiger partial charge in [-0.05, 0) is 30.7 Å². The second-order valence-corrected chi connectivity index (χ2v) is 10.1. The van der Waals surface area contributed by atoms with Gasteiger partial charge in [-0.2, -0.15) is 8.42 Å². The van der Waals surface area contributed by atoms with Crippen molar-refractivity contribution in [3.63, 3.8) is 0 Å². The van der Waals surface area contributed by atoms with Gasteiger partial charge in [0.05, 0.1) is 40.9 Å². The fourth-order valence-electron chi connectivity index (χ4n) is 4.15. The van der Waals surface area contributed by atoms with E-state index in [4.69, 9.17) is 0 Å². The minimum absolute atomic E-state index is 0. The SMILES string of the molecule is O=S(=O)(O)CCC(c1cnccn1)(c1cnccn1)N1c2ccccc2Sc2ccccc21.[NaH]. The zero-order valence-corrected chi connectivity index (χ0v) is 18.9. The molecule has 0 fully saturated rings. The zero-order valence-electron chi connectivity index (χ0n) is 17.3. The molecule has 168 valence electrons. The molecule has 2 aromatic heterocycles. The van der Waals surface area contributed by atoms with Crippen molar-refractivity contribution in [2.75, 3.05) is 10.7 Å². The summed E-state index contributed by atoms with van der Waals surface area (Å²) in [6.45, 7) is 0. The van der Waals surface area contributed by atoms with Crippen molar-refractivity contribution < 1.29 is 13.0 Å². The molecule has 11 heteroatoms. The van der Waals surface area contributed by atoms with Gasteiger partial charge in [-0.3, -0.25) is 24.5 Å². The van der Waals surface area contributed by atoms with Crippen LogP contribution in [0.4, 0.5) is 11.4 Å². The molecule has 0 atom stereocenters. The number of hydrogen-bond acceptors (Lipinski definition) is 8. The number of aromatic nitrogens is 4. The molecule has 34 heavy (non-hydrogen) atoms. The molecule has 0 unspecified atom stereocenters. The fraction of sp³-hybridized carbons (Fsp3) is 0.130. The summed E-state index contributed by atoms with van der Waals surface area (Å²) in [5.41, 5.74) is 1.50. The molecule has 5 rings (SSSR count). The first-order valence-corrected chi connectivity index (χ1v) is 12.6. The van der Waals surface area contributed by atoms with Gasteiger partial charge >= 0.3 is 29.6 Å². The van der Waals surface area contributed by atoms with E-state index < -0.39 is 21.4 Å². The van der Waals surface area contributed by atoms with Crippen LogP contribution in [0.3, 0.4) is 0 Å². The van der Waals surface area contributed by atoms with Gasteiger partial charge in [-0.25, -0.2) is 0 Å². The van der Waals surface area contributed by atoms with Crippen molar-refractivity contribution in [1.82, 2.24) is 19.9 Å². The molecule has 0 amide bonds. The van der Waals surface area contributed by atoms with Crippen LogP contribution < -0.4 is 4.90 Å². The predicted octanol–water partition coefficient (Wildman–Crippen LogP) is 3.44. The Bertz CT molecular complexity index is 1310. The Morgan fingerprint density at radius 3 is 1.76 bits per heavy atom. The van der Waals surface area contributed by atoms with E-state index in [-0.39, 0.29) is 36.0 Å². The van der Waals surface area contributed by atoms with E-state index in [1.54, 1.807) is 48.9 Å². The van der Waals surface area contributed by atoms with Crippen molar-refractivity contribution in [3.8, 4) is 0 Å². The van der Waals surface area contributed by atoms with Gasteiger partial charge in [-0.15, -0.1) is 0 Å². The molecule has 0 spiro atoms. The summed E-state index contributed by atoms with van der Waals surface area (Å²) in [5, 5.41) is 0. The summed E-state index contributed by atoms with van der Waals surface area (Å²) in [4.78, 5) is 21.8. The second-order valence-electron chi connectivity index (χ2n) is 7.45. The Kier molecular flexibility index (Phi) is 7.36. The first kappa shape index (κ1) is 24.8. The molecule has 0 aliphatic carbocycles. The number of nitrogens with zero attached hydrogens (tertiary/aromatic N) is 5. The van der Waals surface area contributed by atoms with Crippen LogP contribution in [0.15, 0.2) is 95.5 Å². The van der Waals surface area contributed by atoms with Crippen molar-refractivity contribution in [1.29, 1.82) is 0 Å². The van der Waals surface area contributed by atoms with Crippen molar-refractivity contribution in [2.45, 2.75) is 21.8 Å². The Hall–Kier alpha value is -2.34. The van der Waals surface area contributed by atoms with Crippen LogP contribution in [0, 0.1) is 0 Å². The van der Waals surface area contributed by atoms with E-state index in [1.165, 1.54) is 0 Å². The van der Waals surface area contributed by atoms with Crippen LogP contribution in [0.2, 0.25) is 0 Å². The molecule has 0 saturated heterocycles. The van der Waals surface area contributed by atoms with Gasteiger partial charge in [0.2, 0.25) is 0 Å². The summed E-state index contributed by atoms with van der Waals surface area (Å²) >= 11 is 1.64. The van der Waals surface area contributed by atoms with Crippen molar-refractivity contribution in [2.24, 2.45) is 0 Å². The Labute approximate surface area is 223 Å². The number of hydrogen-bond donors (Lipinski definition) is 1. The summed E-state index contributed by atoms with van der Waals surface area (Å²) in [5.74, 6) is -0.506. The fourth-order valence-corrected chi connectivity index (χ4v) is 5.76. The van der Waals surface area contributed by atoms with E-state index in [1.807, 2.05) is 53.4 Å². The van der Waals surface area contributed by atoms with Crippen LogP contribution in [-0.4, -0.2) is 68.2 Å². The van der Waals surface area contributed by atoms with E-state index in [9.17, 15) is 13.0 Å². The average Bonchev–Trinajstić information content (AvgIpc) is 2.84. The Balaban J connectivity index is 0.00000274. The zero-order chi connectivity index (χ0) is 22.9. The first-order chi connectivity index (χ1) is 16.0. The number of benzene rings is 2. The molecule has 4 aromatic rings. The predicted molar refractivity (Wildman–Crippen MR) is 132 cm³/mol. The van der Waals surface area contributed by atoms with Crippen molar-refractivity contribution in [3.05, 3.63) is 97.1 Å². The quantitative estimate of drug-likeness (QED) is 0.314. The first-order valence-electron chi connectivity index (χ1n) is 10.1. The average molecular weight is 502 g/mol. The summed E-state index contributed by atoms with van der Waals surface area (Å²) in [7, 11) is -4.29. The molecule has 0 bridgehead atoms. The third-order valence-corrected chi connectivity index (χ3v) is 7.36. The van der Waals surface area contributed by atoms with Crippen LogP contribution in [-0.2, 0) is 15.7 Å². The molecule has 0 saturated carbocycles. The Morgan fingerprint density at radius 1 is 0.824 bits per heavy atom. The third-order valence-electron chi connectivity index (χ3n) is 5.51. The van der Waals surface area contributed by atoms with Gasteiger partial charge in [0.25, 0.3) is 10.1 Å². The Morgan fingerprint density at radius 2 is 1.32 bits per heavy atom. The molecule has 0 radical (unpaired) electrons. The molecule has 1 N–H and O–H groups in total. The molecular formula is C23H20N5NaO3S2. The third kappa shape index (κ3) is 4.61. The van der Waals surface area contributed by atoms with Gasteiger partial charge < -0.3 is 4.90 Å². The summed E-state index contributed by atoms with van der Waals surface area (Å²) < 4.78 is 33.7. The number of rotatable bonds is 6. The molecular weight excluding hydrogens is 481 g/mol. The normalized spacial score (nSPS) is 12.9. The van der Waals surface area contributed by atoms with Crippen LogP contribution in [0.25, 0.3) is 0 Å². The maximum absolute atomic E-state index is 12.0. The van der Waals surface area contributed by atoms with E-state index in [0.29, 0.717) is 11.4 Å². The monoisotopic (exact) mass is 501 g/mol.